The van der Waals surface area contributed by atoms with E-state index < -0.39 is 0 Å². The molecular formula is C14H22N2. The van der Waals surface area contributed by atoms with Crippen LogP contribution in [0.3, 0.4) is 0 Å². The number of hydrogen-bond donors (Lipinski definition) is 2. The van der Waals surface area contributed by atoms with Crippen molar-refractivity contribution in [2.24, 2.45) is 17.6 Å². The van der Waals surface area contributed by atoms with Gasteiger partial charge >= 0.3 is 0 Å². The molecule has 2 nitrogen and oxygen atoms in total. The zero-order valence-electron chi connectivity index (χ0n) is 10.0. The molecule has 0 spiro atoms. The predicted molar refractivity (Wildman–Crippen MR) is 68.1 cm³/mol. The Labute approximate surface area is 98.2 Å². The van der Waals surface area contributed by atoms with Crippen LogP contribution < -0.4 is 11.1 Å². The standard InChI is InChI=1S/C14H22N2/c1-11(9-16-10-12-7-8-12)14(15)13-5-3-2-4-6-13/h2-6,11-12,14,16H,7-10,15H2,1H3. The molecule has 0 bridgehead atoms. The zero-order chi connectivity index (χ0) is 11.4. The van der Waals surface area contributed by atoms with Crippen molar-refractivity contribution in [3.63, 3.8) is 0 Å². The lowest BCUT2D eigenvalue weighted by Gasteiger charge is -2.20. The van der Waals surface area contributed by atoms with Crippen molar-refractivity contribution in [1.29, 1.82) is 0 Å². The third-order valence-electron chi connectivity index (χ3n) is 3.39. The summed E-state index contributed by atoms with van der Waals surface area (Å²) >= 11 is 0. The van der Waals surface area contributed by atoms with Crippen LogP contribution in [0.25, 0.3) is 0 Å². The maximum absolute atomic E-state index is 6.23. The number of hydrogen-bond acceptors (Lipinski definition) is 2. The molecule has 1 aromatic rings. The normalized spacial score (nSPS) is 19.4. The predicted octanol–water partition coefficient (Wildman–Crippen LogP) is 2.32. The highest BCUT2D eigenvalue weighted by molar-refractivity contribution is 5.19. The molecule has 1 aliphatic carbocycles. The van der Waals surface area contributed by atoms with E-state index in [1.807, 2.05) is 6.07 Å². The first-order chi connectivity index (χ1) is 7.77. The maximum atomic E-state index is 6.23. The van der Waals surface area contributed by atoms with Crippen LogP contribution >= 0.6 is 0 Å². The minimum Gasteiger partial charge on any atom is -0.324 e. The molecule has 2 heteroatoms. The maximum Gasteiger partial charge on any atom is 0.0333 e. The molecule has 1 aromatic carbocycles. The van der Waals surface area contributed by atoms with Gasteiger partial charge in [-0.25, -0.2) is 0 Å². The second kappa shape index (κ2) is 5.46. The Kier molecular flexibility index (Phi) is 3.97. The van der Waals surface area contributed by atoms with Crippen molar-refractivity contribution in [1.82, 2.24) is 5.32 Å². The lowest BCUT2D eigenvalue weighted by Crippen LogP contribution is -2.30. The highest BCUT2D eigenvalue weighted by atomic mass is 14.9. The first-order valence-electron chi connectivity index (χ1n) is 6.28. The summed E-state index contributed by atoms with van der Waals surface area (Å²) < 4.78 is 0. The molecule has 3 N–H and O–H groups in total. The smallest absolute Gasteiger partial charge is 0.0333 e. The van der Waals surface area contributed by atoms with E-state index in [0.29, 0.717) is 5.92 Å². The van der Waals surface area contributed by atoms with Crippen molar-refractivity contribution in [2.75, 3.05) is 13.1 Å². The Morgan fingerprint density at radius 3 is 2.62 bits per heavy atom. The van der Waals surface area contributed by atoms with Gasteiger partial charge in [-0.05, 0) is 43.3 Å². The minimum atomic E-state index is 0.146. The summed E-state index contributed by atoms with van der Waals surface area (Å²) in [5.41, 5.74) is 7.47. The van der Waals surface area contributed by atoms with Gasteiger partial charge in [0.25, 0.3) is 0 Å². The van der Waals surface area contributed by atoms with E-state index in [9.17, 15) is 0 Å². The van der Waals surface area contributed by atoms with Crippen LogP contribution in [-0.2, 0) is 0 Å². The molecule has 0 heterocycles. The quantitative estimate of drug-likeness (QED) is 0.769. The van der Waals surface area contributed by atoms with Gasteiger partial charge < -0.3 is 11.1 Å². The SMILES string of the molecule is CC(CNCC1CC1)C(N)c1ccccc1. The number of benzene rings is 1. The topological polar surface area (TPSA) is 38.0 Å². The summed E-state index contributed by atoms with van der Waals surface area (Å²) in [6.07, 6.45) is 2.82. The summed E-state index contributed by atoms with van der Waals surface area (Å²) in [6.45, 7) is 4.41. The van der Waals surface area contributed by atoms with E-state index in [0.717, 1.165) is 12.5 Å². The van der Waals surface area contributed by atoms with Crippen LogP contribution in [0, 0.1) is 11.8 Å². The summed E-state index contributed by atoms with van der Waals surface area (Å²) in [6, 6.07) is 10.5. The first kappa shape index (κ1) is 11.6. The van der Waals surface area contributed by atoms with Crippen molar-refractivity contribution in [2.45, 2.75) is 25.8 Å². The summed E-state index contributed by atoms with van der Waals surface area (Å²) in [5, 5.41) is 3.52. The molecule has 0 aromatic heterocycles. The Balaban J connectivity index is 1.76. The molecule has 2 unspecified atom stereocenters. The molecule has 16 heavy (non-hydrogen) atoms. The molecule has 1 aliphatic rings. The van der Waals surface area contributed by atoms with Crippen LogP contribution in [0.4, 0.5) is 0 Å². The molecule has 88 valence electrons. The summed E-state index contributed by atoms with van der Waals surface area (Å²) in [5.74, 6) is 1.43. The van der Waals surface area contributed by atoms with Gasteiger partial charge in [0.05, 0.1) is 0 Å². The fourth-order valence-electron chi connectivity index (χ4n) is 1.97. The van der Waals surface area contributed by atoms with Gasteiger partial charge in [-0.3, -0.25) is 0 Å². The van der Waals surface area contributed by atoms with Crippen molar-refractivity contribution in [3.05, 3.63) is 35.9 Å². The Bertz CT molecular complexity index is 306. The van der Waals surface area contributed by atoms with Gasteiger partial charge in [0.2, 0.25) is 0 Å². The molecule has 0 saturated heterocycles. The lowest BCUT2D eigenvalue weighted by atomic mass is 9.95. The summed E-state index contributed by atoms with van der Waals surface area (Å²) in [7, 11) is 0. The van der Waals surface area contributed by atoms with Gasteiger partial charge in [0.15, 0.2) is 0 Å². The van der Waals surface area contributed by atoms with Crippen molar-refractivity contribution in [3.8, 4) is 0 Å². The van der Waals surface area contributed by atoms with E-state index in [1.54, 1.807) is 0 Å². The van der Waals surface area contributed by atoms with E-state index in [-0.39, 0.29) is 6.04 Å². The molecule has 2 atom stereocenters. The van der Waals surface area contributed by atoms with Crippen LogP contribution in [0.5, 0.6) is 0 Å². The van der Waals surface area contributed by atoms with Crippen LogP contribution in [0.2, 0.25) is 0 Å². The molecule has 2 rings (SSSR count). The Morgan fingerprint density at radius 1 is 1.31 bits per heavy atom. The van der Waals surface area contributed by atoms with Crippen molar-refractivity contribution >= 4 is 0 Å². The number of nitrogens with one attached hydrogen (secondary N) is 1. The third-order valence-corrected chi connectivity index (χ3v) is 3.39. The van der Waals surface area contributed by atoms with Crippen LogP contribution in [0.15, 0.2) is 30.3 Å². The van der Waals surface area contributed by atoms with E-state index in [1.165, 1.54) is 24.9 Å². The zero-order valence-corrected chi connectivity index (χ0v) is 10.0. The molecule has 0 radical (unpaired) electrons. The van der Waals surface area contributed by atoms with Gasteiger partial charge in [-0.2, -0.15) is 0 Å². The average Bonchev–Trinajstić information content (AvgIpc) is 3.13. The Morgan fingerprint density at radius 2 is 2.00 bits per heavy atom. The largest absolute Gasteiger partial charge is 0.324 e. The number of rotatable bonds is 6. The minimum absolute atomic E-state index is 0.146. The fourth-order valence-corrected chi connectivity index (χ4v) is 1.97. The van der Waals surface area contributed by atoms with E-state index in [4.69, 9.17) is 5.73 Å². The van der Waals surface area contributed by atoms with Gasteiger partial charge in [-0.1, -0.05) is 37.3 Å². The monoisotopic (exact) mass is 218 g/mol. The van der Waals surface area contributed by atoms with Crippen molar-refractivity contribution < 1.29 is 0 Å². The van der Waals surface area contributed by atoms with Gasteiger partial charge in [0, 0.05) is 6.04 Å². The molecule has 0 aliphatic heterocycles. The van der Waals surface area contributed by atoms with Gasteiger partial charge in [-0.15, -0.1) is 0 Å². The second-order valence-electron chi connectivity index (χ2n) is 5.02. The highest BCUT2D eigenvalue weighted by Gasteiger charge is 2.21. The van der Waals surface area contributed by atoms with E-state index in [2.05, 4.69) is 36.5 Å². The molecule has 0 amide bonds. The van der Waals surface area contributed by atoms with Crippen LogP contribution in [0.1, 0.15) is 31.4 Å². The first-order valence-corrected chi connectivity index (χ1v) is 6.28. The fraction of sp³-hybridized carbons (Fsp3) is 0.571. The summed E-state index contributed by atoms with van der Waals surface area (Å²) in [4.78, 5) is 0. The van der Waals surface area contributed by atoms with E-state index >= 15 is 0 Å². The van der Waals surface area contributed by atoms with Crippen LogP contribution in [-0.4, -0.2) is 13.1 Å². The number of nitrogens with two attached hydrogens (primary N) is 1. The lowest BCUT2D eigenvalue weighted by molar-refractivity contribution is 0.430. The molecular weight excluding hydrogens is 196 g/mol. The average molecular weight is 218 g/mol. The second-order valence-corrected chi connectivity index (χ2v) is 5.02. The van der Waals surface area contributed by atoms with Gasteiger partial charge in [0.1, 0.15) is 0 Å². The molecule has 1 saturated carbocycles. The molecule has 1 fully saturated rings. The highest BCUT2D eigenvalue weighted by Crippen LogP contribution is 2.27. The third kappa shape index (κ3) is 3.32. The Hall–Kier alpha value is -0.860.